The lowest BCUT2D eigenvalue weighted by atomic mass is 9.63. The molecule has 5 heteroatoms. The highest BCUT2D eigenvalue weighted by molar-refractivity contribution is 7.13. The third kappa shape index (κ3) is 4.70. The minimum absolute atomic E-state index is 0.244. The second kappa shape index (κ2) is 5.95. The van der Waals surface area contributed by atoms with Crippen molar-refractivity contribution >= 4 is 22.4 Å². The van der Waals surface area contributed by atoms with E-state index < -0.39 is 0 Å². The van der Waals surface area contributed by atoms with Crippen LogP contribution in [0.3, 0.4) is 0 Å². The Kier molecular flexibility index (Phi) is 4.61. The predicted octanol–water partition coefficient (Wildman–Crippen LogP) is 3.88. The average molecular weight is 310 g/mol. The first-order valence-corrected chi connectivity index (χ1v) is 8.35. The standard InChI is InChI=1S/C16H26N2O2S/c1-15(2)7-12(8-16(3,4)10-15)18-14-17-11(9-21-14)6-13(19)20-5/h9,12H,6-8,10H2,1-5H3,(H,17,18). The zero-order chi connectivity index (χ0) is 15.7. The van der Waals surface area contributed by atoms with Gasteiger partial charge in [0.1, 0.15) is 0 Å². The summed E-state index contributed by atoms with van der Waals surface area (Å²) < 4.78 is 4.67. The fraction of sp³-hybridized carbons (Fsp3) is 0.750. The van der Waals surface area contributed by atoms with Crippen LogP contribution < -0.4 is 5.32 Å². The Morgan fingerprint density at radius 2 is 2.00 bits per heavy atom. The van der Waals surface area contributed by atoms with Gasteiger partial charge in [-0.25, -0.2) is 4.98 Å². The Morgan fingerprint density at radius 1 is 1.38 bits per heavy atom. The van der Waals surface area contributed by atoms with Crippen molar-refractivity contribution in [1.29, 1.82) is 0 Å². The molecule has 1 saturated carbocycles. The third-order valence-corrected chi connectivity index (χ3v) is 4.81. The van der Waals surface area contributed by atoms with E-state index >= 15 is 0 Å². The molecule has 0 bridgehead atoms. The van der Waals surface area contributed by atoms with E-state index in [1.165, 1.54) is 13.5 Å². The molecule has 2 rings (SSSR count). The number of nitrogens with one attached hydrogen (secondary N) is 1. The molecule has 0 saturated heterocycles. The first-order valence-electron chi connectivity index (χ1n) is 7.47. The number of rotatable bonds is 4. The van der Waals surface area contributed by atoms with Gasteiger partial charge in [0.15, 0.2) is 5.13 Å². The summed E-state index contributed by atoms with van der Waals surface area (Å²) in [5, 5.41) is 6.40. The van der Waals surface area contributed by atoms with Crippen molar-refractivity contribution in [1.82, 2.24) is 4.98 Å². The van der Waals surface area contributed by atoms with Crippen LogP contribution in [0, 0.1) is 10.8 Å². The minimum Gasteiger partial charge on any atom is -0.469 e. The van der Waals surface area contributed by atoms with Crippen LogP contribution in [-0.4, -0.2) is 24.1 Å². The van der Waals surface area contributed by atoms with Gasteiger partial charge in [0.2, 0.25) is 0 Å². The molecule has 0 aliphatic heterocycles. The van der Waals surface area contributed by atoms with Crippen LogP contribution in [0.4, 0.5) is 5.13 Å². The molecule has 118 valence electrons. The normalized spacial score (nSPS) is 21.0. The fourth-order valence-electron chi connectivity index (χ4n) is 3.80. The number of methoxy groups -OCH3 is 1. The number of ether oxygens (including phenoxy) is 1. The van der Waals surface area contributed by atoms with Crippen LogP contribution in [0.25, 0.3) is 0 Å². The van der Waals surface area contributed by atoms with Crippen LogP contribution in [-0.2, 0) is 16.0 Å². The Bertz CT molecular complexity index is 492. The summed E-state index contributed by atoms with van der Waals surface area (Å²) in [5.74, 6) is -0.244. The fourth-order valence-corrected chi connectivity index (χ4v) is 4.59. The van der Waals surface area contributed by atoms with Gasteiger partial charge in [0, 0.05) is 11.4 Å². The molecule has 1 fully saturated rings. The second-order valence-corrected chi connectivity index (χ2v) is 8.51. The molecule has 1 heterocycles. The first kappa shape index (κ1) is 16.3. The summed E-state index contributed by atoms with van der Waals surface area (Å²) in [6.45, 7) is 9.36. The number of esters is 1. The Hall–Kier alpha value is -1.10. The van der Waals surface area contributed by atoms with E-state index in [9.17, 15) is 4.79 Å². The van der Waals surface area contributed by atoms with Crippen LogP contribution >= 0.6 is 11.3 Å². The van der Waals surface area contributed by atoms with Crippen molar-refractivity contribution < 1.29 is 9.53 Å². The lowest BCUT2D eigenvalue weighted by Crippen LogP contribution is -2.40. The summed E-state index contributed by atoms with van der Waals surface area (Å²) in [4.78, 5) is 15.8. The molecule has 1 aromatic rings. The second-order valence-electron chi connectivity index (χ2n) is 7.65. The van der Waals surface area contributed by atoms with Gasteiger partial charge >= 0.3 is 5.97 Å². The quantitative estimate of drug-likeness (QED) is 0.858. The molecule has 0 amide bonds. The Balaban J connectivity index is 1.99. The first-order chi connectivity index (χ1) is 9.69. The number of aromatic nitrogens is 1. The monoisotopic (exact) mass is 310 g/mol. The highest BCUT2D eigenvalue weighted by atomic mass is 32.1. The molecule has 0 radical (unpaired) electrons. The molecule has 0 atom stereocenters. The van der Waals surface area contributed by atoms with E-state index in [1.807, 2.05) is 5.38 Å². The third-order valence-electron chi connectivity index (χ3n) is 3.99. The molecule has 1 aromatic heterocycles. The summed E-state index contributed by atoms with van der Waals surface area (Å²) in [5.41, 5.74) is 1.49. The van der Waals surface area contributed by atoms with Crippen LogP contribution in [0.15, 0.2) is 5.38 Å². The van der Waals surface area contributed by atoms with Crippen molar-refractivity contribution in [3.05, 3.63) is 11.1 Å². The van der Waals surface area contributed by atoms with Gasteiger partial charge in [-0.1, -0.05) is 27.7 Å². The lowest BCUT2D eigenvalue weighted by molar-refractivity contribution is -0.139. The number of thiazole rings is 1. The Labute approximate surface area is 131 Å². The number of hydrogen-bond acceptors (Lipinski definition) is 5. The maximum atomic E-state index is 11.3. The summed E-state index contributed by atoms with van der Waals surface area (Å²) >= 11 is 1.57. The molecule has 0 aromatic carbocycles. The van der Waals surface area contributed by atoms with E-state index in [1.54, 1.807) is 11.3 Å². The van der Waals surface area contributed by atoms with Gasteiger partial charge in [-0.15, -0.1) is 11.3 Å². The van der Waals surface area contributed by atoms with Gasteiger partial charge in [0.25, 0.3) is 0 Å². The SMILES string of the molecule is COC(=O)Cc1csc(NC2CC(C)(C)CC(C)(C)C2)n1. The predicted molar refractivity (Wildman–Crippen MR) is 86.7 cm³/mol. The molecular weight excluding hydrogens is 284 g/mol. The van der Waals surface area contributed by atoms with Gasteiger partial charge in [0.05, 0.1) is 19.2 Å². The zero-order valence-corrected chi connectivity index (χ0v) is 14.5. The molecular formula is C16H26N2O2S. The van der Waals surface area contributed by atoms with Crippen molar-refractivity contribution in [2.75, 3.05) is 12.4 Å². The highest BCUT2D eigenvalue weighted by Gasteiger charge is 2.38. The molecule has 0 unspecified atom stereocenters. The summed E-state index contributed by atoms with van der Waals surface area (Å²) in [6, 6.07) is 0.445. The molecule has 4 nitrogen and oxygen atoms in total. The largest absolute Gasteiger partial charge is 0.469 e. The van der Waals surface area contributed by atoms with E-state index in [2.05, 4.69) is 42.7 Å². The molecule has 1 aliphatic rings. The lowest BCUT2D eigenvalue weighted by Gasteiger charge is -2.45. The smallest absolute Gasteiger partial charge is 0.311 e. The Morgan fingerprint density at radius 3 is 2.57 bits per heavy atom. The van der Waals surface area contributed by atoms with Gasteiger partial charge in [-0.05, 0) is 30.1 Å². The van der Waals surface area contributed by atoms with Crippen molar-refractivity contribution in [3.63, 3.8) is 0 Å². The number of nitrogens with zero attached hydrogens (tertiary/aromatic N) is 1. The number of hydrogen-bond donors (Lipinski definition) is 1. The number of anilines is 1. The average Bonchev–Trinajstić information content (AvgIpc) is 2.71. The van der Waals surface area contributed by atoms with Gasteiger partial charge in [-0.3, -0.25) is 4.79 Å². The summed E-state index contributed by atoms with van der Waals surface area (Å²) in [7, 11) is 1.40. The minimum atomic E-state index is -0.244. The molecule has 21 heavy (non-hydrogen) atoms. The van der Waals surface area contributed by atoms with E-state index in [0.717, 1.165) is 23.7 Å². The zero-order valence-electron chi connectivity index (χ0n) is 13.7. The van der Waals surface area contributed by atoms with Gasteiger partial charge < -0.3 is 10.1 Å². The topological polar surface area (TPSA) is 51.2 Å². The maximum absolute atomic E-state index is 11.3. The summed E-state index contributed by atoms with van der Waals surface area (Å²) in [6.07, 6.45) is 3.81. The number of carbonyl (C=O) groups excluding carboxylic acids is 1. The van der Waals surface area contributed by atoms with Crippen molar-refractivity contribution in [2.45, 2.75) is 59.4 Å². The maximum Gasteiger partial charge on any atom is 0.311 e. The van der Waals surface area contributed by atoms with E-state index in [0.29, 0.717) is 16.9 Å². The van der Waals surface area contributed by atoms with E-state index in [-0.39, 0.29) is 12.4 Å². The van der Waals surface area contributed by atoms with Crippen LogP contribution in [0.2, 0.25) is 0 Å². The molecule has 1 N–H and O–H groups in total. The van der Waals surface area contributed by atoms with Gasteiger partial charge in [-0.2, -0.15) is 0 Å². The van der Waals surface area contributed by atoms with Crippen LogP contribution in [0.1, 0.15) is 52.7 Å². The molecule has 0 spiro atoms. The van der Waals surface area contributed by atoms with Crippen LogP contribution in [0.5, 0.6) is 0 Å². The highest BCUT2D eigenvalue weighted by Crippen LogP contribution is 2.46. The van der Waals surface area contributed by atoms with Crippen molar-refractivity contribution in [3.8, 4) is 0 Å². The van der Waals surface area contributed by atoms with E-state index in [4.69, 9.17) is 0 Å². The van der Waals surface area contributed by atoms with Crippen molar-refractivity contribution in [2.24, 2.45) is 10.8 Å². The molecule has 1 aliphatic carbocycles. The number of carbonyl (C=O) groups is 1.